The summed E-state index contributed by atoms with van der Waals surface area (Å²) in [5.74, 6) is 0. The maximum atomic E-state index is 9.64. The van der Waals surface area contributed by atoms with E-state index in [1.807, 2.05) is 0 Å². The molecule has 0 atom stereocenters. The van der Waals surface area contributed by atoms with E-state index in [1.165, 1.54) is 0 Å². The predicted octanol–water partition coefficient (Wildman–Crippen LogP) is -2.77. The van der Waals surface area contributed by atoms with Crippen LogP contribution in [-0.4, -0.2) is 45.1 Å². The summed E-state index contributed by atoms with van der Waals surface area (Å²) in [6.45, 7) is 1.93. The van der Waals surface area contributed by atoms with Crippen LogP contribution in [0.5, 0.6) is 0 Å². The van der Waals surface area contributed by atoms with E-state index in [1.54, 1.807) is 6.92 Å². The Morgan fingerprint density at radius 1 is 1.57 bits per heavy atom. The van der Waals surface area contributed by atoms with Gasteiger partial charge in [-0.05, 0) is 6.92 Å². The Labute approximate surface area is 56.8 Å². The van der Waals surface area contributed by atoms with Gasteiger partial charge in [0.2, 0.25) is 10.6 Å². The zero-order chi connectivity index (χ0) is 4.71. The van der Waals surface area contributed by atoms with Crippen LogP contribution in [0.2, 0.25) is 0 Å². The molecule has 0 aliphatic rings. The fraction of sp³-hybridized carbons (Fsp3) is 1.00. The summed E-state index contributed by atoms with van der Waals surface area (Å²) in [4.78, 5) is 0. The fourth-order valence-electron chi connectivity index (χ4n) is 0. The van der Waals surface area contributed by atoms with Crippen molar-refractivity contribution in [1.29, 1.82) is 0 Å². The van der Waals surface area contributed by atoms with Crippen LogP contribution >= 0.6 is 0 Å². The van der Waals surface area contributed by atoms with E-state index in [4.69, 9.17) is 5.11 Å². The highest BCUT2D eigenvalue weighted by Crippen LogP contribution is 1.30. The topological polar surface area (TPSA) is 51.7 Å². The van der Waals surface area contributed by atoms with Gasteiger partial charge in [-0.2, -0.15) is 0 Å². The molecule has 0 aliphatic carbocycles. The maximum absolute atomic E-state index is 9.64. The maximum Gasteiger partial charge on any atom is 0.201 e. The van der Waals surface area contributed by atoms with Crippen LogP contribution < -0.4 is 0 Å². The molecule has 7 heavy (non-hydrogen) atoms. The van der Waals surface area contributed by atoms with Crippen LogP contribution in [0.15, 0.2) is 0 Å². The average molecular weight is 144 g/mol. The second-order valence-electron chi connectivity index (χ2n) is 0.316. The third-order valence-electron chi connectivity index (χ3n) is 0. The molecule has 0 fully saturated rings. The summed E-state index contributed by atoms with van der Waals surface area (Å²) in [5.41, 5.74) is 0. The van der Waals surface area contributed by atoms with E-state index < -0.39 is 0 Å². The number of rotatable bonds is 0. The van der Waals surface area contributed by atoms with Gasteiger partial charge in [0.05, 0.1) is 0 Å². The molecule has 0 saturated carbocycles. The Bertz CT molecular complexity index is 15.7. The molecule has 0 aromatic heterocycles. The predicted molar refractivity (Wildman–Crippen MR) is 37.4 cm³/mol. The minimum atomic E-state index is -0.194. The van der Waals surface area contributed by atoms with Crippen LogP contribution in [0.25, 0.3) is 0 Å². The number of hydrogen-bond acceptors (Lipinski definition) is 1. The third-order valence-corrected chi connectivity index (χ3v) is 0. The van der Waals surface area contributed by atoms with E-state index in [-0.39, 0.29) is 40.0 Å². The lowest BCUT2D eigenvalue weighted by atomic mass is 10.9. The van der Waals surface area contributed by atoms with E-state index in [9.17, 15) is 4.11 Å². The Kier molecular flexibility index (Phi) is 295. The summed E-state index contributed by atoms with van der Waals surface area (Å²) >= 11 is 0. The number of halogens is 1. The molecular formula is C2H14AlFO2Si. The van der Waals surface area contributed by atoms with Crippen molar-refractivity contribution in [2.75, 3.05) is 6.61 Å². The molecule has 0 radical (unpaired) electrons. The molecule has 0 spiro atoms. The molecule has 0 rings (SSSR count). The normalized spacial score (nSPS) is 3.86. The molecule has 5 heteroatoms. The molecule has 2 nitrogen and oxygen atoms in total. The smallest absolute Gasteiger partial charge is 0.201 e. The van der Waals surface area contributed by atoms with Crippen LogP contribution in [-0.2, 0) is 0 Å². The van der Waals surface area contributed by atoms with Gasteiger partial charge >= 0.3 is 0 Å². The minimum Gasteiger partial charge on any atom is -0.412 e. The van der Waals surface area contributed by atoms with Crippen molar-refractivity contribution in [2.45, 2.75) is 6.92 Å². The molecule has 48 valence electrons. The second-order valence-corrected chi connectivity index (χ2v) is 0.316. The van der Waals surface area contributed by atoms with Gasteiger partial charge in [-0.25, -0.2) is 0 Å². The zero-order valence-corrected chi connectivity index (χ0v) is 6.03. The van der Waals surface area contributed by atoms with E-state index in [0.717, 1.165) is 0 Å². The number of hydrogen-bond donors (Lipinski definition) is 1. The second kappa shape index (κ2) is 80.9. The van der Waals surface area contributed by atoms with Crippen molar-refractivity contribution in [3.63, 3.8) is 0 Å². The summed E-state index contributed by atoms with van der Waals surface area (Å²) < 4.78 is 9.64. The molecule has 0 aromatic carbocycles. The first-order valence-electron chi connectivity index (χ1n) is 1.40. The van der Waals surface area contributed by atoms with Gasteiger partial charge in [-0.1, -0.05) is 0 Å². The van der Waals surface area contributed by atoms with Crippen LogP contribution in [0.1, 0.15) is 6.92 Å². The first-order valence-corrected chi connectivity index (χ1v) is 2.16. The third kappa shape index (κ3) is 389. The highest BCUT2D eigenvalue weighted by atomic mass is 28.2. The van der Waals surface area contributed by atoms with Crippen LogP contribution in [0.3, 0.4) is 0 Å². The molecule has 0 saturated heterocycles. The lowest BCUT2D eigenvalue weighted by Crippen LogP contribution is -1.57. The lowest BCUT2D eigenvalue weighted by molar-refractivity contribution is 0.318. The zero-order valence-electron chi connectivity index (χ0n) is 4.03. The highest BCUT2D eigenvalue weighted by molar-refractivity contribution is 5.96. The summed E-state index contributed by atoms with van der Waals surface area (Å²) in [6, 6.07) is 0. The largest absolute Gasteiger partial charge is 0.412 e. The summed E-state index contributed by atoms with van der Waals surface area (Å²) in [6.07, 6.45) is 0. The van der Waals surface area contributed by atoms with Crippen molar-refractivity contribution in [1.82, 2.24) is 0 Å². The number of aliphatic hydroxyl groups excluding tert-OH is 1. The molecule has 0 unspecified atom stereocenters. The van der Waals surface area contributed by atoms with Gasteiger partial charge in [0.25, 0.3) is 0 Å². The van der Waals surface area contributed by atoms with E-state index in [2.05, 4.69) is 0 Å². The molecule has 0 heterocycles. The molecule has 0 aliphatic heterocycles. The molecule has 3 N–H and O–H groups in total. The fourth-order valence-corrected chi connectivity index (χ4v) is 0. The van der Waals surface area contributed by atoms with Crippen LogP contribution in [0, 0.1) is 0 Å². The Morgan fingerprint density at radius 3 is 1.57 bits per heavy atom. The van der Waals surface area contributed by atoms with Gasteiger partial charge in [-0.15, -0.1) is 0 Å². The van der Waals surface area contributed by atoms with Gasteiger partial charge < -0.3 is 14.7 Å². The summed E-state index contributed by atoms with van der Waals surface area (Å²) in [5, 5.41) is 7.57. The molecular weight excluding hydrogens is 130 g/mol. The van der Waals surface area contributed by atoms with Gasteiger partial charge in [0.1, 0.15) is 0 Å². The molecule has 0 bridgehead atoms. The van der Waals surface area contributed by atoms with Crippen molar-refractivity contribution in [3.05, 3.63) is 0 Å². The van der Waals surface area contributed by atoms with Crippen molar-refractivity contribution in [2.24, 2.45) is 0 Å². The minimum absolute atomic E-state index is 0. The van der Waals surface area contributed by atoms with Crippen molar-refractivity contribution < 1.29 is 14.7 Å². The van der Waals surface area contributed by atoms with Crippen LogP contribution in [0.4, 0.5) is 4.11 Å². The SMILES string of the molecule is CCO.F[SiH3].O.[AlH3]. The van der Waals surface area contributed by atoms with E-state index in [0.29, 0.717) is 0 Å². The first kappa shape index (κ1) is 25.5. The standard InChI is InChI=1S/C2H6O.Al.FH3Si.H2O.3H/c1-2-3;;1-2;;;;/h3H,2H2,1H3;;2H3;1H2;;;. The number of aliphatic hydroxyl groups is 1. The molecule has 0 aromatic rings. The average Bonchev–Trinajstić information content (AvgIpc) is 1.46. The Balaban J connectivity index is -0.0000000105. The quantitative estimate of drug-likeness (QED) is 0.290. The van der Waals surface area contributed by atoms with Gasteiger partial charge in [-0.3, -0.25) is 0 Å². The first-order chi connectivity index (χ1) is 2.41. The Morgan fingerprint density at radius 2 is 1.57 bits per heavy atom. The van der Waals surface area contributed by atoms with Crippen molar-refractivity contribution in [3.8, 4) is 0 Å². The van der Waals surface area contributed by atoms with Gasteiger partial charge in [0, 0.05) is 6.61 Å². The molecule has 0 amide bonds. The lowest BCUT2D eigenvalue weighted by Gasteiger charge is -1.52. The summed E-state index contributed by atoms with van der Waals surface area (Å²) in [7, 11) is -0.194. The monoisotopic (exact) mass is 144 g/mol. The Hall–Kier alpha value is 0.599. The van der Waals surface area contributed by atoms with E-state index >= 15 is 0 Å². The van der Waals surface area contributed by atoms with Gasteiger partial charge in [0.15, 0.2) is 17.4 Å². The highest BCUT2D eigenvalue weighted by Gasteiger charge is 1.34. The van der Waals surface area contributed by atoms with Crippen molar-refractivity contribution >= 4 is 27.9 Å².